The molecule has 0 unspecified atom stereocenters. The molecule has 0 spiro atoms. The molecule has 12 heavy (non-hydrogen) atoms. The maximum Gasteiger partial charge on any atom is 0.410 e. The third-order valence-electron chi connectivity index (χ3n) is 1.51. The average Bonchev–Trinajstić information content (AvgIpc) is 1.99. The van der Waals surface area contributed by atoms with E-state index in [1.807, 2.05) is 0 Å². The van der Waals surface area contributed by atoms with Crippen LogP contribution in [0.4, 0.5) is 4.79 Å². The first kappa shape index (κ1) is 8.99. The number of amides is 1. The molecule has 1 amide bonds. The number of ketones is 1. The van der Waals surface area contributed by atoms with Crippen molar-refractivity contribution < 1.29 is 19.1 Å². The van der Waals surface area contributed by atoms with Gasteiger partial charge >= 0.3 is 6.09 Å². The Balaban J connectivity index is 2.08. The molecule has 68 valence electrons. The van der Waals surface area contributed by atoms with Crippen LogP contribution in [0.25, 0.3) is 0 Å². The highest BCUT2D eigenvalue weighted by Gasteiger charge is 2.29. The molecule has 1 heterocycles. The highest BCUT2D eigenvalue weighted by atomic mass is 16.6. The number of Topliss-reactive ketones (excluding diaryl/α,β-unsaturated/α-hetero) is 1. The Morgan fingerprint density at radius 2 is 2.17 bits per heavy atom. The van der Waals surface area contributed by atoms with E-state index in [1.165, 1.54) is 12.0 Å². The van der Waals surface area contributed by atoms with Crippen molar-refractivity contribution in [2.45, 2.75) is 0 Å². The van der Waals surface area contributed by atoms with Gasteiger partial charge in [0.2, 0.25) is 0 Å². The third kappa shape index (κ3) is 2.20. The number of nitrogens with zero attached hydrogens (tertiary/aromatic N) is 1. The summed E-state index contributed by atoms with van der Waals surface area (Å²) in [7, 11) is 1.53. The van der Waals surface area contributed by atoms with Crippen molar-refractivity contribution >= 4 is 11.9 Å². The van der Waals surface area contributed by atoms with Gasteiger partial charge in [0.25, 0.3) is 0 Å². The van der Waals surface area contributed by atoms with Crippen molar-refractivity contribution in [1.82, 2.24) is 4.90 Å². The molecule has 5 nitrogen and oxygen atoms in total. The molecule has 0 atom stereocenters. The minimum Gasteiger partial charge on any atom is -0.447 e. The first-order valence-electron chi connectivity index (χ1n) is 3.66. The van der Waals surface area contributed by atoms with E-state index in [9.17, 15) is 9.59 Å². The second kappa shape index (κ2) is 4.06. The molecule has 1 rings (SSSR count). The lowest BCUT2D eigenvalue weighted by Gasteiger charge is -2.27. The monoisotopic (exact) mass is 173 g/mol. The van der Waals surface area contributed by atoms with Gasteiger partial charge < -0.3 is 9.47 Å². The molecule has 0 N–H and O–H groups in total. The number of likely N-dealkylation sites (tertiary alicyclic amines) is 1. The predicted molar refractivity (Wildman–Crippen MR) is 39.8 cm³/mol. The molecule has 1 aliphatic heterocycles. The normalized spacial score (nSPS) is 15.8. The van der Waals surface area contributed by atoms with E-state index in [1.54, 1.807) is 0 Å². The second-order valence-corrected chi connectivity index (χ2v) is 2.50. The van der Waals surface area contributed by atoms with Gasteiger partial charge in [0.05, 0.1) is 19.7 Å². The SMILES string of the molecule is COCCOC(=O)N1CC(=O)C1. The van der Waals surface area contributed by atoms with Gasteiger partial charge in [-0.25, -0.2) is 4.79 Å². The highest BCUT2D eigenvalue weighted by molar-refractivity contribution is 5.94. The summed E-state index contributed by atoms with van der Waals surface area (Å²) >= 11 is 0. The van der Waals surface area contributed by atoms with E-state index in [4.69, 9.17) is 4.74 Å². The van der Waals surface area contributed by atoms with E-state index >= 15 is 0 Å². The number of rotatable bonds is 3. The molecule has 0 saturated carbocycles. The van der Waals surface area contributed by atoms with Crippen molar-refractivity contribution in [3.8, 4) is 0 Å². The highest BCUT2D eigenvalue weighted by Crippen LogP contribution is 2.03. The molecular formula is C7H11NO4. The summed E-state index contributed by atoms with van der Waals surface area (Å²) in [5.41, 5.74) is 0. The zero-order chi connectivity index (χ0) is 8.97. The number of hydrogen-bond acceptors (Lipinski definition) is 4. The molecule has 1 aliphatic rings. The predicted octanol–water partition coefficient (Wildman–Crippen LogP) is -0.346. The summed E-state index contributed by atoms with van der Waals surface area (Å²) in [4.78, 5) is 22.8. The van der Waals surface area contributed by atoms with E-state index in [-0.39, 0.29) is 25.5 Å². The van der Waals surface area contributed by atoms with Crippen LogP contribution in [0.1, 0.15) is 0 Å². The Labute approximate surface area is 70.2 Å². The van der Waals surface area contributed by atoms with Gasteiger partial charge in [-0.1, -0.05) is 0 Å². The van der Waals surface area contributed by atoms with E-state index in [0.29, 0.717) is 6.61 Å². The molecule has 1 saturated heterocycles. The Kier molecular flexibility index (Phi) is 3.04. The Morgan fingerprint density at radius 1 is 1.50 bits per heavy atom. The van der Waals surface area contributed by atoms with E-state index in [2.05, 4.69) is 4.74 Å². The number of hydrogen-bond donors (Lipinski definition) is 0. The van der Waals surface area contributed by atoms with Crippen LogP contribution in [0.2, 0.25) is 0 Å². The van der Waals surface area contributed by atoms with Gasteiger partial charge in [-0.05, 0) is 0 Å². The Morgan fingerprint density at radius 3 is 2.67 bits per heavy atom. The summed E-state index contributed by atoms with van der Waals surface area (Å²) < 4.78 is 9.43. The summed E-state index contributed by atoms with van der Waals surface area (Å²) in [6, 6.07) is 0. The van der Waals surface area contributed by atoms with Crippen molar-refractivity contribution in [1.29, 1.82) is 0 Å². The zero-order valence-corrected chi connectivity index (χ0v) is 6.91. The van der Waals surface area contributed by atoms with Crippen LogP contribution in [-0.2, 0) is 14.3 Å². The Bertz CT molecular complexity index is 184. The minimum absolute atomic E-state index is 0.0682. The van der Waals surface area contributed by atoms with Gasteiger partial charge in [-0.3, -0.25) is 9.69 Å². The smallest absolute Gasteiger partial charge is 0.410 e. The topological polar surface area (TPSA) is 55.8 Å². The van der Waals surface area contributed by atoms with Gasteiger partial charge in [0.15, 0.2) is 5.78 Å². The van der Waals surface area contributed by atoms with E-state index in [0.717, 1.165) is 0 Å². The average molecular weight is 173 g/mol. The number of carbonyl (C=O) groups excluding carboxylic acids is 2. The molecule has 0 aromatic rings. The van der Waals surface area contributed by atoms with Gasteiger partial charge in [0.1, 0.15) is 6.61 Å². The van der Waals surface area contributed by atoms with Crippen molar-refractivity contribution in [2.24, 2.45) is 0 Å². The van der Waals surface area contributed by atoms with Gasteiger partial charge in [-0.15, -0.1) is 0 Å². The van der Waals surface area contributed by atoms with Crippen LogP contribution in [0, 0.1) is 0 Å². The fourth-order valence-corrected chi connectivity index (χ4v) is 0.812. The molecule has 0 radical (unpaired) electrons. The number of ether oxygens (including phenoxy) is 2. The fraction of sp³-hybridized carbons (Fsp3) is 0.714. The fourth-order valence-electron chi connectivity index (χ4n) is 0.812. The van der Waals surface area contributed by atoms with Crippen molar-refractivity contribution in [2.75, 3.05) is 33.4 Å². The number of methoxy groups -OCH3 is 1. The van der Waals surface area contributed by atoms with Crippen LogP contribution in [0.5, 0.6) is 0 Å². The van der Waals surface area contributed by atoms with Gasteiger partial charge in [0, 0.05) is 7.11 Å². The van der Waals surface area contributed by atoms with Crippen LogP contribution in [0.3, 0.4) is 0 Å². The maximum absolute atomic E-state index is 10.9. The molecule has 0 aliphatic carbocycles. The first-order chi connectivity index (χ1) is 5.74. The molecule has 0 bridgehead atoms. The molecule has 0 aromatic carbocycles. The maximum atomic E-state index is 10.9. The summed E-state index contributed by atoms with van der Waals surface area (Å²) in [5.74, 6) is 0.0682. The lowest BCUT2D eigenvalue weighted by Crippen LogP contribution is -2.50. The lowest BCUT2D eigenvalue weighted by molar-refractivity contribution is -0.127. The number of carbonyl (C=O) groups is 2. The largest absolute Gasteiger partial charge is 0.447 e. The van der Waals surface area contributed by atoms with Crippen LogP contribution < -0.4 is 0 Å². The van der Waals surface area contributed by atoms with Crippen LogP contribution in [0.15, 0.2) is 0 Å². The zero-order valence-electron chi connectivity index (χ0n) is 6.91. The second-order valence-electron chi connectivity index (χ2n) is 2.50. The first-order valence-corrected chi connectivity index (χ1v) is 3.66. The molecule has 1 fully saturated rings. The third-order valence-corrected chi connectivity index (χ3v) is 1.51. The molecule has 0 aromatic heterocycles. The molecular weight excluding hydrogens is 162 g/mol. The van der Waals surface area contributed by atoms with Crippen LogP contribution >= 0.6 is 0 Å². The summed E-state index contributed by atoms with van der Waals surface area (Å²) in [5, 5.41) is 0. The quantitative estimate of drug-likeness (QED) is 0.547. The van der Waals surface area contributed by atoms with Crippen LogP contribution in [-0.4, -0.2) is 50.2 Å². The lowest BCUT2D eigenvalue weighted by atomic mass is 10.2. The summed E-state index contributed by atoms with van der Waals surface area (Å²) in [6.07, 6.45) is -0.438. The standard InChI is InChI=1S/C7H11NO4/c1-11-2-3-12-7(10)8-4-6(9)5-8/h2-5H2,1H3. The van der Waals surface area contributed by atoms with Crippen molar-refractivity contribution in [3.05, 3.63) is 0 Å². The Hall–Kier alpha value is -1.10. The minimum atomic E-state index is -0.438. The van der Waals surface area contributed by atoms with Gasteiger partial charge in [-0.2, -0.15) is 0 Å². The van der Waals surface area contributed by atoms with E-state index < -0.39 is 6.09 Å². The summed E-state index contributed by atoms with van der Waals surface area (Å²) in [6.45, 7) is 0.991. The van der Waals surface area contributed by atoms with Crippen molar-refractivity contribution in [3.63, 3.8) is 0 Å². The molecule has 5 heteroatoms.